The summed E-state index contributed by atoms with van der Waals surface area (Å²) in [6.45, 7) is 6.95. The molecule has 1 aromatic carbocycles. The first-order valence-electron chi connectivity index (χ1n) is 11.8. The van der Waals surface area contributed by atoms with Crippen molar-refractivity contribution in [2.24, 2.45) is 0 Å². The maximum absolute atomic E-state index is 12.8. The van der Waals surface area contributed by atoms with Crippen molar-refractivity contribution in [3.05, 3.63) is 35.4 Å². The van der Waals surface area contributed by atoms with Crippen LogP contribution in [0.15, 0.2) is 24.3 Å². The number of likely N-dealkylation sites (tertiary alicyclic amines) is 1. The lowest BCUT2D eigenvalue weighted by molar-refractivity contribution is -0.137. The number of benzene rings is 1. The van der Waals surface area contributed by atoms with Gasteiger partial charge in [-0.05, 0) is 38.0 Å². The highest BCUT2D eigenvalue weighted by Gasteiger charge is 2.31. The molecule has 1 unspecified atom stereocenters. The summed E-state index contributed by atoms with van der Waals surface area (Å²) in [5.41, 5.74) is -1.07. The van der Waals surface area contributed by atoms with Gasteiger partial charge in [-0.2, -0.15) is 13.2 Å². The first kappa shape index (κ1) is 26.7. The smallest absolute Gasteiger partial charge is 0.416 e. The maximum Gasteiger partial charge on any atom is 0.416 e. The van der Waals surface area contributed by atoms with Crippen molar-refractivity contribution < 1.29 is 32.3 Å². The van der Waals surface area contributed by atoms with E-state index >= 15 is 0 Å². The molecule has 3 rings (SSSR count). The van der Waals surface area contributed by atoms with Crippen molar-refractivity contribution in [3.63, 3.8) is 0 Å². The molecule has 194 valence electrons. The molecule has 1 aromatic rings. The SMILES string of the molecule is CCOC(=O)N1CCN(CCN2CCCC2NC(=O)CNC(=O)c2cccc(C(F)(F)F)c2)CC1. The van der Waals surface area contributed by atoms with Crippen LogP contribution in [0.25, 0.3) is 0 Å². The molecule has 2 fully saturated rings. The Bertz CT molecular complexity index is 890. The standard InChI is InChI=1S/C23H32F3N5O4/c1-2-35-22(34)31-13-10-29(11-14-31)9-12-30-8-4-7-19(30)28-20(32)16-27-21(33)17-5-3-6-18(15-17)23(24,25)26/h3,5-6,15,19H,2,4,7-14,16H2,1H3,(H,27,33)(H,28,32). The summed E-state index contributed by atoms with van der Waals surface area (Å²) in [5, 5.41) is 5.28. The Morgan fingerprint density at radius 2 is 1.83 bits per heavy atom. The number of halogens is 3. The predicted molar refractivity (Wildman–Crippen MR) is 122 cm³/mol. The molecule has 0 radical (unpaired) electrons. The Morgan fingerprint density at radius 1 is 1.09 bits per heavy atom. The lowest BCUT2D eigenvalue weighted by Crippen LogP contribution is -2.52. The summed E-state index contributed by atoms with van der Waals surface area (Å²) in [6, 6.07) is 4.08. The fourth-order valence-electron chi connectivity index (χ4n) is 4.23. The van der Waals surface area contributed by atoms with E-state index < -0.39 is 23.6 Å². The van der Waals surface area contributed by atoms with Gasteiger partial charge in [-0.3, -0.25) is 19.4 Å². The Kier molecular flexibility index (Phi) is 9.33. The van der Waals surface area contributed by atoms with Gasteiger partial charge in [0.2, 0.25) is 5.91 Å². The minimum Gasteiger partial charge on any atom is -0.450 e. The summed E-state index contributed by atoms with van der Waals surface area (Å²) in [6.07, 6.45) is -3.28. The summed E-state index contributed by atoms with van der Waals surface area (Å²) in [7, 11) is 0. The normalized spacial score (nSPS) is 19.4. The zero-order chi connectivity index (χ0) is 25.4. The van der Waals surface area contributed by atoms with Crippen LogP contribution in [0.2, 0.25) is 0 Å². The Balaban J connectivity index is 1.39. The average Bonchev–Trinajstić information content (AvgIpc) is 3.28. The molecule has 0 aromatic heterocycles. The number of nitrogens with zero attached hydrogens (tertiary/aromatic N) is 3. The molecule has 3 amide bonds. The fourth-order valence-corrected chi connectivity index (χ4v) is 4.23. The zero-order valence-corrected chi connectivity index (χ0v) is 19.8. The molecule has 2 N–H and O–H groups in total. The first-order chi connectivity index (χ1) is 16.7. The van der Waals surface area contributed by atoms with Crippen LogP contribution in [0.1, 0.15) is 35.7 Å². The van der Waals surface area contributed by atoms with Crippen LogP contribution in [0.3, 0.4) is 0 Å². The van der Waals surface area contributed by atoms with Gasteiger partial charge in [0, 0.05) is 51.4 Å². The van der Waals surface area contributed by atoms with Crippen molar-refractivity contribution in [2.45, 2.75) is 32.1 Å². The van der Waals surface area contributed by atoms with Gasteiger partial charge < -0.3 is 20.3 Å². The average molecular weight is 500 g/mol. The third-order valence-corrected chi connectivity index (χ3v) is 6.15. The molecule has 0 saturated carbocycles. The van der Waals surface area contributed by atoms with Crippen LogP contribution in [-0.4, -0.2) is 97.7 Å². The molecular weight excluding hydrogens is 467 g/mol. The van der Waals surface area contributed by atoms with Crippen molar-refractivity contribution in [1.82, 2.24) is 25.3 Å². The first-order valence-corrected chi connectivity index (χ1v) is 11.8. The number of hydrogen-bond donors (Lipinski definition) is 2. The number of ether oxygens (including phenoxy) is 1. The Morgan fingerprint density at radius 3 is 2.51 bits per heavy atom. The lowest BCUT2D eigenvalue weighted by atomic mass is 10.1. The number of hydrogen-bond acceptors (Lipinski definition) is 6. The van der Waals surface area contributed by atoms with Crippen LogP contribution in [0, 0.1) is 0 Å². The minimum atomic E-state index is -4.55. The molecule has 35 heavy (non-hydrogen) atoms. The fraction of sp³-hybridized carbons (Fsp3) is 0.609. The number of carbonyl (C=O) groups is 3. The second kappa shape index (κ2) is 12.2. The number of carbonyl (C=O) groups excluding carboxylic acids is 3. The largest absolute Gasteiger partial charge is 0.450 e. The molecule has 0 aliphatic carbocycles. The monoisotopic (exact) mass is 499 g/mol. The van der Waals surface area contributed by atoms with Gasteiger partial charge in [-0.1, -0.05) is 6.07 Å². The molecule has 0 spiro atoms. The second-order valence-electron chi connectivity index (χ2n) is 8.55. The van der Waals surface area contributed by atoms with E-state index in [1.54, 1.807) is 11.8 Å². The maximum atomic E-state index is 12.8. The van der Waals surface area contributed by atoms with Gasteiger partial charge in [0.1, 0.15) is 0 Å². The predicted octanol–water partition coefficient (Wildman–Crippen LogP) is 1.75. The Labute approximate surface area is 202 Å². The summed E-state index contributed by atoms with van der Waals surface area (Å²) in [5.74, 6) is -1.14. The third-order valence-electron chi connectivity index (χ3n) is 6.15. The van der Waals surface area contributed by atoms with E-state index in [9.17, 15) is 27.6 Å². The lowest BCUT2D eigenvalue weighted by Gasteiger charge is -2.35. The zero-order valence-electron chi connectivity index (χ0n) is 19.8. The molecule has 9 nitrogen and oxygen atoms in total. The number of rotatable bonds is 8. The van der Waals surface area contributed by atoms with Crippen molar-refractivity contribution in [2.75, 3.05) is 59.0 Å². The minimum absolute atomic E-state index is 0.154. The summed E-state index contributed by atoms with van der Waals surface area (Å²) in [4.78, 5) is 42.5. The van der Waals surface area contributed by atoms with E-state index in [2.05, 4.69) is 20.4 Å². The Hall–Kier alpha value is -2.86. The van der Waals surface area contributed by atoms with E-state index in [0.717, 1.165) is 63.8 Å². The van der Waals surface area contributed by atoms with Crippen LogP contribution in [0.4, 0.5) is 18.0 Å². The van der Waals surface area contributed by atoms with E-state index in [-0.39, 0.29) is 24.4 Å². The molecule has 2 aliphatic heterocycles. The quantitative estimate of drug-likeness (QED) is 0.566. The van der Waals surface area contributed by atoms with E-state index in [1.807, 2.05) is 0 Å². The molecular formula is C23H32F3N5O4. The van der Waals surface area contributed by atoms with Gasteiger partial charge in [-0.25, -0.2) is 4.79 Å². The van der Waals surface area contributed by atoms with Crippen molar-refractivity contribution in [3.8, 4) is 0 Å². The second-order valence-corrected chi connectivity index (χ2v) is 8.55. The van der Waals surface area contributed by atoms with E-state index in [4.69, 9.17) is 4.74 Å². The highest BCUT2D eigenvalue weighted by atomic mass is 19.4. The third kappa shape index (κ3) is 7.82. The molecule has 12 heteroatoms. The summed E-state index contributed by atoms with van der Waals surface area (Å²) >= 11 is 0. The van der Waals surface area contributed by atoms with Gasteiger partial charge >= 0.3 is 12.3 Å². The summed E-state index contributed by atoms with van der Waals surface area (Å²) < 4.78 is 43.6. The van der Waals surface area contributed by atoms with Gasteiger partial charge in [-0.15, -0.1) is 0 Å². The van der Waals surface area contributed by atoms with Gasteiger partial charge in [0.15, 0.2) is 0 Å². The van der Waals surface area contributed by atoms with Crippen LogP contribution in [0.5, 0.6) is 0 Å². The molecule has 0 bridgehead atoms. The van der Waals surface area contributed by atoms with Crippen LogP contribution in [-0.2, 0) is 15.7 Å². The van der Waals surface area contributed by atoms with Crippen LogP contribution >= 0.6 is 0 Å². The van der Waals surface area contributed by atoms with Gasteiger partial charge in [0.25, 0.3) is 5.91 Å². The topological polar surface area (TPSA) is 94.2 Å². The highest BCUT2D eigenvalue weighted by Crippen LogP contribution is 2.29. The van der Waals surface area contributed by atoms with Crippen molar-refractivity contribution in [1.29, 1.82) is 0 Å². The number of piperazine rings is 1. The van der Waals surface area contributed by atoms with Crippen molar-refractivity contribution >= 4 is 17.9 Å². The molecule has 2 heterocycles. The van der Waals surface area contributed by atoms with E-state index in [1.165, 1.54) is 6.07 Å². The molecule has 2 aliphatic rings. The van der Waals surface area contributed by atoms with E-state index in [0.29, 0.717) is 19.7 Å². The molecule has 1 atom stereocenters. The number of amides is 3. The molecule has 2 saturated heterocycles. The van der Waals surface area contributed by atoms with Gasteiger partial charge in [0.05, 0.1) is 24.9 Å². The number of nitrogens with one attached hydrogen (secondary N) is 2. The number of alkyl halides is 3. The van der Waals surface area contributed by atoms with Crippen LogP contribution < -0.4 is 10.6 Å². The highest BCUT2D eigenvalue weighted by molar-refractivity contribution is 5.96.